The van der Waals surface area contributed by atoms with Gasteiger partial charge in [0, 0.05) is 37.9 Å². The summed E-state index contributed by atoms with van der Waals surface area (Å²) in [6.07, 6.45) is 1.10. The lowest BCUT2D eigenvalue weighted by Gasteiger charge is -2.31. The van der Waals surface area contributed by atoms with Crippen molar-refractivity contribution < 1.29 is 0 Å². The van der Waals surface area contributed by atoms with Crippen LogP contribution in [0.1, 0.15) is 12.0 Å². The van der Waals surface area contributed by atoms with Crippen molar-refractivity contribution in [3.05, 3.63) is 29.8 Å². The summed E-state index contributed by atoms with van der Waals surface area (Å²) in [7, 11) is 2.16. The van der Waals surface area contributed by atoms with E-state index in [4.69, 9.17) is 5.26 Å². The molecule has 0 bridgehead atoms. The van der Waals surface area contributed by atoms with Crippen LogP contribution >= 0.6 is 0 Å². The summed E-state index contributed by atoms with van der Waals surface area (Å²) in [5.74, 6) is 0. The van der Waals surface area contributed by atoms with Crippen LogP contribution in [0, 0.1) is 11.3 Å². The van der Waals surface area contributed by atoms with Gasteiger partial charge in [-0.15, -0.1) is 0 Å². The molecule has 0 spiro atoms. The molecule has 0 amide bonds. The standard InChI is InChI=1S/C14H20N4/c1-18-8-7-17-14(11-18)5-6-16-13-4-2-3-12(9-13)10-15/h2-4,9,14,16-17H,5-8,11H2,1H3. The molecule has 1 fully saturated rings. The molecule has 0 radical (unpaired) electrons. The van der Waals surface area contributed by atoms with Crippen LogP contribution in [0.3, 0.4) is 0 Å². The highest BCUT2D eigenvalue weighted by Crippen LogP contribution is 2.10. The van der Waals surface area contributed by atoms with E-state index in [2.05, 4.69) is 28.7 Å². The third kappa shape index (κ3) is 3.73. The Kier molecular flexibility index (Phi) is 4.57. The Morgan fingerprint density at radius 1 is 1.56 bits per heavy atom. The quantitative estimate of drug-likeness (QED) is 0.837. The van der Waals surface area contributed by atoms with Crippen molar-refractivity contribution in [3.63, 3.8) is 0 Å². The average molecular weight is 244 g/mol. The zero-order valence-corrected chi connectivity index (χ0v) is 10.8. The van der Waals surface area contributed by atoms with E-state index < -0.39 is 0 Å². The number of nitrogens with zero attached hydrogens (tertiary/aromatic N) is 2. The molecule has 4 heteroatoms. The third-order valence-corrected chi connectivity index (χ3v) is 3.27. The van der Waals surface area contributed by atoms with Crippen molar-refractivity contribution in [1.82, 2.24) is 10.2 Å². The number of hydrogen-bond acceptors (Lipinski definition) is 4. The van der Waals surface area contributed by atoms with Crippen LogP contribution in [0.5, 0.6) is 0 Å². The van der Waals surface area contributed by atoms with Crippen molar-refractivity contribution in [2.45, 2.75) is 12.5 Å². The van der Waals surface area contributed by atoms with Crippen molar-refractivity contribution >= 4 is 5.69 Å². The van der Waals surface area contributed by atoms with Gasteiger partial charge in [-0.05, 0) is 31.7 Å². The van der Waals surface area contributed by atoms with Gasteiger partial charge < -0.3 is 15.5 Å². The van der Waals surface area contributed by atoms with E-state index in [1.807, 2.05) is 24.3 Å². The lowest BCUT2D eigenvalue weighted by molar-refractivity contribution is 0.234. The maximum absolute atomic E-state index is 8.83. The first-order chi connectivity index (χ1) is 8.78. The van der Waals surface area contributed by atoms with Gasteiger partial charge in [-0.3, -0.25) is 0 Å². The number of nitrogens with one attached hydrogen (secondary N) is 2. The van der Waals surface area contributed by atoms with E-state index >= 15 is 0 Å². The molecule has 0 aromatic heterocycles. The van der Waals surface area contributed by atoms with Crippen LogP contribution in [0.2, 0.25) is 0 Å². The first-order valence-electron chi connectivity index (χ1n) is 6.44. The minimum Gasteiger partial charge on any atom is -0.385 e. The number of rotatable bonds is 4. The number of nitriles is 1. The number of piperazine rings is 1. The zero-order valence-electron chi connectivity index (χ0n) is 10.8. The summed E-state index contributed by atoms with van der Waals surface area (Å²) in [6, 6.07) is 10.3. The molecule has 1 aliphatic heterocycles. The van der Waals surface area contributed by atoms with Gasteiger partial charge in [-0.1, -0.05) is 6.07 Å². The monoisotopic (exact) mass is 244 g/mol. The van der Waals surface area contributed by atoms with E-state index in [1.54, 1.807) is 0 Å². The maximum Gasteiger partial charge on any atom is 0.0992 e. The Morgan fingerprint density at radius 3 is 3.22 bits per heavy atom. The molecule has 1 atom stereocenters. The second kappa shape index (κ2) is 6.39. The molecule has 1 aliphatic rings. The van der Waals surface area contributed by atoms with Gasteiger partial charge in [-0.25, -0.2) is 0 Å². The van der Waals surface area contributed by atoms with E-state index in [-0.39, 0.29) is 0 Å². The molecule has 1 unspecified atom stereocenters. The highest BCUT2D eigenvalue weighted by Gasteiger charge is 2.15. The summed E-state index contributed by atoms with van der Waals surface area (Å²) < 4.78 is 0. The normalized spacial score (nSPS) is 20.3. The fraction of sp³-hybridized carbons (Fsp3) is 0.500. The van der Waals surface area contributed by atoms with E-state index in [0.717, 1.165) is 38.3 Å². The summed E-state index contributed by atoms with van der Waals surface area (Å²) in [6.45, 7) is 4.25. The van der Waals surface area contributed by atoms with E-state index in [1.165, 1.54) is 0 Å². The minimum atomic E-state index is 0.565. The predicted molar refractivity (Wildman–Crippen MR) is 73.6 cm³/mol. The topological polar surface area (TPSA) is 51.1 Å². The molecule has 1 aromatic rings. The average Bonchev–Trinajstić information content (AvgIpc) is 2.39. The van der Waals surface area contributed by atoms with Crippen LogP contribution in [0.25, 0.3) is 0 Å². The van der Waals surface area contributed by atoms with Gasteiger partial charge in [0.05, 0.1) is 11.6 Å². The second-order valence-corrected chi connectivity index (χ2v) is 4.82. The van der Waals surface area contributed by atoms with Gasteiger partial charge in [0.15, 0.2) is 0 Å². The van der Waals surface area contributed by atoms with Gasteiger partial charge in [0.2, 0.25) is 0 Å². The van der Waals surface area contributed by atoms with Gasteiger partial charge in [0.1, 0.15) is 0 Å². The summed E-state index contributed by atoms with van der Waals surface area (Å²) in [5, 5.41) is 15.7. The molecule has 18 heavy (non-hydrogen) atoms. The van der Waals surface area contributed by atoms with Gasteiger partial charge in [0.25, 0.3) is 0 Å². The molecule has 0 saturated carbocycles. The largest absolute Gasteiger partial charge is 0.385 e. The van der Waals surface area contributed by atoms with Crippen LogP contribution in [-0.4, -0.2) is 44.2 Å². The first kappa shape index (κ1) is 12.9. The van der Waals surface area contributed by atoms with Crippen LogP contribution in [0.15, 0.2) is 24.3 Å². The SMILES string of the molecule is CN1CCNC(CCNc2cccc(C#N)c2)C1. The molecule has 0 aliphatic carbocycles. The fourth-order valence-electron chi connectivity index (χ4n) is 2.27. The molecule has 1 aromatic carbocycles. The molecule has 4 nitrogen and oxygen atoms in total. The van der Waals surface area contributed by atoms with E-state index in [0.29, 0.717) is 11.6 Å². The first-order valence-corrected chi connectivity index (χ1v) is 6.44. The summed E-state index contributed by atoms with van der Waals surface area (Å²) in [4.78, 5) is 2.36. The molecule has 2 N–H and O–H groups in total. The molecule has 2 rings (SSSR count). The van der Waals surface area contributed by atoms with Crippen molar-refractivity contribution in [2.75, 3.05) is 38.5 Å². The predicted octanol–water partition coefficient (Wildman–Crippen LogP) is 1.26. The molecule has 1 heterocycles. The van der Waals surface area contributed by atoms with Crippen LogP contribution in [-0.2, 0) is 0 Å². The lowest BCUT2D eigenvalue weighted by atomic mass is 10.1. The zero-order chi connectivity index (χ0) is 12.8. The van der Waals surface area contributed by atoms with E-state index in [9.17, 15) is 0 Å². The summed E-state index contributed by atoms with van der Waals surface area (Å²) >= 11 is 0. The molecular formula is C14H20N4. The summed E-state index contributed by atoms with van der Waals surface area (Å²) in [5.41, 5.74) is 1.73. The van der Waals surface area contributed by atoms with Gasteiger partial charge >= 0.3 is 0 Å². The number of anilines is 1. The Hall–Kier alpha value is -1.57. The van der Waals surface area contributed by atoms with Crippen molar-refractivity contribution in [2.24, 2.45) is 0 Å². The van der Waals surface area contributed by atoms with Gasteiger partial charge in [-0.2, -0.15) is 5.26 Å². The minimum absolute atomic E-state index is 0.565. The maximum atomic E-state index is 8.83. The van der Waals surface area contributed by atoms with Crippen molar-refractivity contribution in [3.8, 4) is 6.07 Å². The Balaban J connectivity index is 1.76. The lowest BCUT2D eigenvalue weighted by Crippen LogP contribution is -2.49. The Morgan fingerprint density at radius 2 is 2.44 bits per heavy atom. The Labute approximate surface area is 109 Å². The number of benzene rings is 1. The van der Waals surface area contributed by atoms with Crippen LogP contribution < -0.4 is 10.6 Å². The molecular weight excluding hydrogens is 224 g/mol. The number of likely N-dealkylation sites (N-methyl/N-ethyl adjacent to an activating group) is 1. The highest BCUT2D eigenvalue weighted by atomic mass is 15.2. The molecule has 1 saturated heterocycles. The van der Waals surface area contributed by atoms with Crippen molar-refractivity contribution in [1.29, 1.82) is 5.26 Å². The highest BCUT2D eigenvalue weighted by molar-refractivity contribution is 5.48. The Bertz CT molecular complexity index is 424. The number of hydrogen-bond donors (Lipinski definition) is 2. The third-order valence-electron chi connectivity index (χ3n) is 3.27. The fourth-order valence-corrected chi connectivity index (χ4v) is 2.27. The molecule has 96 valence electrons. The smallest absolute Gasteiger partial charge is 0.0992 e. The van der Waals surface area contributed by atoms with Crippen LogP contribution in [0.4, 0.5) is 5.69 Å². The second-order valence-electron chi connectivity index (χ2n) is 4.82.